The number of carbonyl (C=O) groups excluding carboxylic acids is 1. The van der Waals surface area contributed by atoms with Gasteiger partial charge in [-0.15, -0.1) is 0 Å². The van der Waals surface area contributed by atoms with Gasteiger partial charge in [0.05, 0.1) is 13.2 Å². The molecule has 0 unspecified atom stereocenters. The molecule has 25 heavy (non-hydrogen) atoms. The molecule has 2 aliphatic heterocycles. The quantitative estimate of drug-likeness (QED) is 0.642. The number of rotatable bonds is 5. The van der Waals surface area contributed by atoms with E-state index in [1.807, 2.05) is 24.3 Å². The smallest absolute Gasteiger partial charge is 0.169 e. The topological polar surface area (TPSA) is 50.8 Å². The SMILES string of the molecule is COc1ccc(C(=O)C2CCN(C(=S)NC[C@@H]3CCCO3)CC2)cc1. The number of ketones is 1. The predicted molar refractivity (Wildman–Crippen MR) is 101 cm³/mol. The molecular formula is C19H26N2O3S. The molecule has 0 amide bonds. The third kappa shape index (κ3) is 4.70. The fourth-order valence-corrected chi connectivity index (χ4v) is 3.72. The summed E-state index contributed by atoms with van der Waals surface area (Å²) in [5, 5.41) is 4.10. The zero-order valence-electron chi connectivity index (χ0n) is 14.7. The molecule has 0 aromatic heterocycles. The number of nitrogens with zero attached hydrogens (tertiary/aromatic N) is 1. The highest BCUT2D eigenvalue weighted by Crippen LogP contribution is 2.23. The van der Waals surface area contributed by atoms with E-state index in [0.717, 1.165) is 68.3 Å². The Hall–Kier alpha value is -1.66. The summed E-state index contributed by atoms with van der Waals surface area (Å²) in [6.45, 7) is 3.29. The lowest BCUT2D eigenvalue weighted by Gasteiger charge is -2.33. The first kappa shape index (κ1) is 18.1. The Bertz CT molecular complexity index is 591. The summed E-state index contributed by atoms with van der Waals surface area (Å²) in [6, 6.07) is 7.38. The summed E-state index contributed by atoms with van der Waals surface area (Å²) >= 11 is 5.49. The zero-order chi connectivity index (χ0) is 17.6. The first-order valence-electron chi connectivity index (χ1n) is 9.00. The maximum atomic E-state index is 12.7. The van der Waals surface area contributed by atoms with Gasteiger partial charge in [-0.25, -0.2) is 0 Å². The second-order valence-corrected chi connectivity index (χ2v) is 7.06. The summed E-state index contributed by atoms with van der Waals surface area (Å²) in [4.78, 5) is 14.8. The van der Waals surface area contributed by atoms with Crippen molar-refractivity contribution in [1.82, 2.24) is 10.2 Å². The predicted octanol–water partition coefficient (Wildman–Crippen LogP) is 2.64. The number of nitrogens with one attached hydrogen (secondary N) is 1. The van der Waals surface area contributed by atoms with Crippen molar-refractivity contribution in [3.05, 3.63) is 29.8 Å². The standard InChI is InChI=1S/C19H26N2O3S/c1-23-16-6-4-14(5-7-16)18(22)15-8-10-21(11-9-15)19(25)20-13-17-3-2-12-24-17/h4-7,15,17H,2-3,8-13H2,1H3,(H,20,25)/t17-/m0/s1. The Morgan fingerprint density at radius 1 is 1.28 bits per heavy atom. The number of methoxy groups -OCH3 is 1. The number of piperidine rings is 1. The van der Waals surface area contributed by atoms with Crippen molar-refractivity contribution in [1.29, 1.82) is 0 Å². The van der Waals surface area contributed by atoms with Crippen LogP contribution in [0.4, 0.5) is 0 Å². The number of ether oxygens (including phenoxy) is 2. The van der Waals surface area contributed by atoms with Crippen LogP contribution in [-0.4, -0.2) is 55.3 Å². The molecule has 0 radical (unpaired) electrons. The van der Waals surface area contributed by atoms with Crippen LogP contribution in [0.3, 0.4) is 0 Å². The minimum atomic E-state index is 0.0746. The molecule has 1 atom stereocenters. The molecule has 1 aromatic carbocycles. The Morgan fingerprint density at radius 2 is 2.00 bits per heavy atom. The molecule has 136 valence electrons. The van der Waals surface area contributed by atoms with E-state index in [1.54, 1.807) is 7.11 Å². The third-order valence-electron chi connectivity index (χ3n) is 5.03. The van der Waals surface area contributed by atoms with E-state index in [2.05, 4.69) is 10.2 Å². The van der Waals surface area contributed by atoms with Crippen LogP contribution in [0.2, 0.25) is 0 Å². The first-order chi connectivity index (χ1) is 12.2. The highest BCUT2D eigenvalue weighted by atomic mass is 32.1. The van der Waals surface area contributed by atoms with Gasteiger partial charge >= 0.3 is 0 Å². The summed E-state index contributed by atoms with van der Waals surface area (Å²) in [7, 11) is 1.63. The average molecular weight is 362 g/mol. The van der Waals surface area contributed by atoms with Crippen molar-refractivity contribution in [3.8, 4) is 5.75 Å². The molecule has 2 saturated heterocycles. The first-order valence-corrected chi connectivity index (χ1v) is 9.41. The van der Waals surface area contributed by atoms with Gasteiger partial charge in [-0.1, -0.05) is 0 Å². The van der Waals surface area contributed by atoms with E-state index in [0.29, 0.717) is 0 Å². The lowest BCUT2D eigenvalue weighted by Crippen LogP contribution is -2.47. The molecule has 0 saturated carbocycles. The third-order valence-corrected chi connectivity index (χ3v) is 5.43. The van der Waals surface area contributed by atoms with Crippen LogP contribution < -0.4 is 10.1 Å². The minimum absolute atomic E-state index is 0.0746. The molecule has 2 fully saturated rings. The van der Waals surface area contributed by atoms with Crippen molar-refractivity contribution in [2.75, 3.05) is 33.4 Å². The van der Waals surface area contributed by atoms with Gasteiger partial charge in [0.15, 0.2) is 10.9 Å². The Morgan fingerprint density at radius 3 is 2.60 bits per heavy atom. The van der Waals surface area contributed by atoms with Gasteiger partial charge in [-0.05, 0) is 62.2 Å². The molecule has 3 rings (SSSR count). The molecule has 1 aromatic rings. The van der Waals surface area contributed by atoms with Gasteiger partial charge in [0.25, 0.3) is 0 Å². The molecule has 2 aliphatic rings. The molecule has 5 nitrogen and oxygen atoms in total. The van der Waals surface area contributed by atoms with E-state index in [9.17, 15) is 4.79 Å². The Labute approximate surface area is 154 Å². The second kappa shape index (κ2) is 8.63. The maximum Gasteiger partial charge on any atom is 0.169 e. The number of likely N-dealkylation sites (tertiary alicyclic amines) is 1. The monoisotopic (exact) mass is 362 g/mol. The zero-order valence-corrected chi connectivity index (χ0v) is 15.5. The van der Waals surface area contributed by atoms with Gasteiger partial charge in [0.1, 0.15) is 5.75 Å². The maximum absolute atomic E-state index is 12.7. The number of carbonyl (C=O) groups is 1. The fourth-order valence-electron chi connectivity index (χ4n) is 3.45. The van der Waals surface area contributed by atoms with Crippen LogP contribution in [0, 0.1) is 5.92 Å². The van der Waals surface area contributed by atoms with Crippen LogP contribution >= 0.6 is 12.2 Å². The lowest BCUT2D eigenvalue weighted by molar-refractivity contribution is 0.0871. The van der Waals surface area contributed by atoms with Crippen LogP contribution in [-0.2, 0) is 4.74 Å². The molecule has 0 aliphatic carbocycles. The Balaban J connectivity index is 1.45. The highest BCUT2D eigenvalue weighted by Gasteiger charge is 2.27. The molecular weight excluding hydrogens is 336 g/mol. The molecule has 0 spiro atoms. The molecule has 1 N–H and O–H groups in total. The van der Waals surface area contributed by atoms with E-state index < -0.39 is 0 Å². The van der Waals surface area contributed by atoms with Crippen molar-refractivity contribution in [3.63, 3.8) is 0 Å². The van der Waals surface area contributed by atoms with E-state index in [4.69, 9.17) is 21.7 Å². The number of hydrogen-bond donors (Lipinski definition) is 1. The summed E-state index contributed by atoms with van der Waals surface area (Å²) in [5.74, 6) is 1.07. The van der Waals surface area contributed by atoms with Crippen LogP contribution in [0.25, 0.3) is 0 Å². The van der Waals surface area contributed by atoms with Gasteiger partial charge in [-0.3, -0.25) is 4.79 Å². The number of benzene rings is 1. The van der Waals surface area contributed by atoms with Gasteiger partial charge < -0.3 is 19.7 Å². The fraction of sp³-hybridized carbons (Fsp3) is 0.579. The molecule has 6 heteroatoms. The van der Waals surface area contributed by atoms with Gasteiger partial charge in [-0.2, -0.15) is 0 Å². The summed E-state index contributed by atoms with van der Waals surface area (Å²) in [5.41, 5.74) is 0.762. The number of thiocarbonyl (C=S) groups is 1. The largest absolute Gasteiger partial charge is 0.497 e. The van der Waals surface area contributed by atoms with Crippen molar-refractivity contribution >= 4 is 23.1 Å². The summed E-state index contributed by atoms with van der Waals surface area (Å²) < 4.78 is 10.8. The van der Waals surface area contributed by atoms with Gasteiger partial charge in [0.2, 0.25) is 0 Å². The number of Topliss-reactive ketones (excluding diaryl/α,β-unsaturated/α-hetero) is 1. The van der Waals surface area contributed by atoms with Crippen molar-refractivity contribution < 1.29 is 14.3 Å². The van der Waals surface area contributed by atoms with Crippen LogP contribution in [0.5, 0.6) is 5.75 Å². The molecule has 0 bridgehead atoms. The minimum Gasteiger partial charge on any atom is -0.497 e. The van der Waals surface area contributed by atoms with E-state index in [1.165, 1.54) is 0 Å². The average Bonchev–Trinajstić information content (AvgIpc) is 3.19. The lowest BCUT2D eigenvalue weighted by atomic mass is 9.89. The van der Waals surface area contributed by atoms with Gasteiger partial charge in [0, 0.05) is 37.7 Å². The normalized spacial score (nSPS) is 21.2. The van der Waals surface area contributed by atoms with E-state index in [-0.39, 0.29) is 17.8 Å². The van der Waals surface area contributed by atoms with Crippen LogP contribution in [0.15, 0.2) is 24.3 Å². The number of hydrogen-bond acceptors (Lipinski definition) is 4. The molecule has 2 heterocycles. The van der Waals surface area contributed by atoms with Crippen molar-refractivity contribution in [2.45, 2.75) is 31.8 Å². The van der Waals surface area contributed by atoms with E-state index >= 15 is 0 Å². The highest BCUT2D eigenvalue weighted by molar-refractivity contribution is 7.80. The second-order valence-electron chi connectivity index (χ2n) is 6.68. The summed E-state index contributed by atoms with van der Waals surface area (Å²) in [6.07, 6.45) is 4.21. The van der Waals surface area contributed by atoms with Crippen LogP contribution in [0.1, 0.15) is 36.0 Å². The Kier molecular flexibility index (Phi) is 6.26. The van der Waals surface area contributed by atoms with Crippen molar-refractivity contribution in [2.24, 2.45) is 5.92 Å².